The van der Waals surface area contributed by atoms with Gasteiger partial charge in [0.2, 0.25) is 0 Å². The summed E-state index contributed by atoms with van der Waals surface area (Å²) in [4.78, 5) is 4.12. The van der Waals surface area contributed by atoms with E-state index in [1.165, 1.54) is 10.9 Å². The summed E-state index contributed by atoms with van der Waals surface area (Å²) < 4.78 is 0. The Morgan fingerprint density at radius 2 is 1.87 bits per heavy atom. The highest BCUT2D eigenvalue weighted by molar-refractivity contribution is 6.32. The van der Waals surface area contributed by atoms with Gasteiger partial charge in [-0.25, -0.2) is 0 Å². The molecule has 1 aromatic heterocycles. The number of nitrogens with zero attached hydrogens (tertiary/aromatic N) is 1. The van der Waals surface area contributed by atoms with Crippen molar-refractivity contribution in [3.63, 3.8) is 0 Å². The first-order valence-corrected chi connectivity index (χ1v) is 5.40. The molecule has 0 bridgehead atoms. The van der Waals surface area contributed by atoms with Crippen LogP contribution in [0.4, 0.5) is 0 Å². The molecule has 0 radical (unpaired) electrons. The average Bonchev–Trinajstić information content (AvgIpc) is 2.15. The zero-order valence-corrected chi connectivity index (χ0v) is 9.97. The van der Waals surface area contributed by atoms with Gasteiger partial charge >= 0.3 is 0 Å². The molecule has 2 heteroatoms. The fourth-order valence-corrected chi connectivity index (χ4v) is 2.35. The van der Waals surface area contributed by atoms with Gasteiger partial charge in [0, 0.05) is 22.8 Å². The van der Waals surface area contributed by atoms with Gasteiger partial charge in [-0.15, -0.1) is 0 Å². The number of hydrogen-bond acceptors (Lipinski definition) is 1. The summed E-state index contributed by atoms with van der Waals surface area (Å²) in [6.45, 7) is 6.52. The van der Waals surface area contributed by atoms with E-state index in [1.54, 1.807) is 0 Å². The number of benzene rings is 1. The number of hydrogen-bond donors (Lipinski definition) is 0. The normalized spacial score (nSPS) is 12.0. The van der Waals surface area contributed by atoms with Crippen LogP contribution in [-0.2, 0) is 5.41 Å². The zero-order valence-electron chi connectivity index (χ0n) is 9.21. The lowest BCUT2D eigenvalue weighted by Crippen LogP contribution is -2.12. The van der Waals surface area contributed by atoms with E-state index < -0.39 is 0 Å². The molecule has 0 atom stereocenters. The summed E-state index contributed by atoms with van der Waals surface area (Å²) in [6, 6.07) is 5.99. The molecular formula is C13H14ClN. The molecule has 1 heterocycles. The summed E-state index contributed by atoms with van der Waals surface area (Å²) in [7, 11) is 0. The molecule has 0 aliphatic heterocycles. The molecule has 0 aliphatic rings. The molecule has 1 aromatic carbocycles. The van der Waals surface area contributed by atoms with E-state index in [2.05, 4.69) is 25.8 Å². The van der Waals surface area contributed by atoms with Gasteiger partial charge in [0.05, 0.1) is 0 Å². The van der Waals surface area contributed by atoms with Crippen molar-refractivity contribution in [1.29, 1.82) is 0 Å². The molecule has 0 amide bonds. The van der Waals surface area contributed by atoms with Crippen LogP contribution in [-0.4, -0.2) is 4.98 Å². The second-order valence-electron chi connectivity index (χ2n) is 4.77. The number of aromatic nitrogens is 1. The van der Waals surface area contributed by atoms with Crippen LogP contribution < -0.4 is 0 Å². The molecule has 0 saturated carbocycles. The zero-order chi connectivity index (χ0) is 11.1. The molecule has 2 rings (SSSR count). The fraction of sp³-hybridized carbons (Fsp3) is 0.308. The Morgan fingerprint density at radius 3 is 2.53 bits per heavy atom. The third kappa shape index (κ3) is 1.84. The van der Waals surface area contributed by atoms with Crippen molar-refractivity contribution in [2.75, 3.05) is 0 Å². The van der Waals surface area contributed by atoms with Gasteiger partial charge in [0.15, 0.2) is 0 Å². The van der Waals surface area contributed by atoms with Crippen molar-refractivity contribution in [3.05, 3.63) is 41.2 Å². The largest absolute Gasteiger partial charge is 0.264 e. The molecule has 78 valence electrons. The van der Waals surface area contributed by atoms with Gasteiger partial charge in [0.1, 0.15) is 0 Å². The van der Waals surface area contributed by atoms with Crippen molar-refractivity contribution in [3.8, 4) is 0 Å². The predicted molar refractivity (Wildman–Crippen MR) is 65.5 cm³/mol. The molecule has 0 fully saturated rings. The molecular weight excluding hydrogens is 206 g/mol. The van der Waals surface area contributed by atoms with Crippen molar-refractivity contribution >= 4 is 22.4 Å². The number of pyridine rings is 1. The number of halogens is 1. The highest BCUT2D eigenvalue weighted by Crippen LogP contribution is 2.35. The SMILES string of the molecule is CC(C)(C)c1c(Cl)ccc2cnccc12. The Hall–Kier alpha value is -1.08. The summed E-state index contributed by atoms with van der Waals surface area (Å²) in [5, 5.41) is 3.18. The molecule has 0 saturated heterocycles. The van der Waals surface area contributed by atoms with Gasteiger partial charge in [-0.05, 0) is 28.5 Å². The van der Waals surface area contributed by atoms with E-state index in [-0.39, 0.29) is 5.41 Å². The molecule has 2 aromatic rings. The van der Waals surface area contributed by atoms with Crippen LogP contribution >= 0.6 is 11.6 Å². The van der Waals surface area contributed by atoms with Crippen LogP contribution in [0.5, 0.6) is 0 Å². The Kier molecular flexibility index (Phi) is 2.43. The lowest BCUT2D eigenvalue weighted by atomic mass is 9.84. The first kappa shape index (κ1) is 10.4. The van der Waals surface area contributed by atoms with Gasteiger partial charge in [-0.2, -0.15) is 0 Å². The van der Waals surface area contributed by atoms with Gasteiger partial charge in [-0.1, -0.05) is 38.4 Å². The Morgan fingerprint density at radius 1 is 1.13 bits per heavy atom. The van der Waals surface area contributed by atoms with Crippen molar-refractivity contribution in [2.45, 2.75) is 26.2 Å². The molecule has 0 aliphatic carbocycles. The van der Waals surface area contributed by atoms with E-state index in [4.69, 9.17) is 11.6 Å². The van der Waals surface area contributed by atoms with Gasteiger partial charge in [-0.3, -0.25) is 4.98 Å². The second kappa shape index (κ2) is 3.49. The lowest BCUT2D eigenvalue weighted by molar-refractivity contribution is 0.596. The van der Waals surface area contributed by atoms with Crippen LogP contribution in [0.15, 0.2) is 30.6 Å². The van der Waals surface area contributed by atoms with E-state index >= 15 is 0 Å². The van der Waals surface area contributed by atoms with Crippen molar-refractivity contribution in [1.82, 2.24) is 4.98 Å². The fourth-order valence-electron chi connectivity index (χ4n) is 1.90. The van der Waals surface area contributed by atoms with Gasteiger partial charge < -0.3 is 0 Å². The molecule has 1 nitrogen and oxygen atoms in total. The Bertz CT molecular complexity index is 497. The van der Waals surface area contributed by atoms with Crippen LogP contribution in [0, 0.1) is 0 Å². The van der Waals surface area contributed by atoms with Crippen molar-refractivity contribution < 1.29 is 0 Å². The topological polar surface area (TPSA) is 12.9 Å². The summed E-state index contributed by atoms with van der Waals surface area (Å²) >= 11 is 6.27. The van der Waals surface area contributed by atoms with E-state index in [0.29, 0.717) is 0 Å². The number of fused-ring (bicyclic) bond motifs is 1. The van der Waals surface area contributed by atoms with Gasteiger partial charge in [0.25, 0.3) is 0 Å². The van der Waals surface area contributed by atoms with Crippen LogP contribution in [0.1, 0.15) is 26.3 Å². The highest BCUT2D eigenvalue weighted by Gasteiger charge is 2.19. The third-order valence-electron chi connectivity index (χ3n) is 2.52. The smallest absolute Gasteiger partial charge is 0.0449 e. The molecule has 0 N–H and O–H groups in total. The summed E-state index contributed by atoms with van der Waals surface area (Å²) in [5.74, 6) is 0. The lowest BCUT2D eigenvalue weighted by Gasteiger charge is -2.22. The van der Waals surface area contributed by atoms with Crippen LogP contribution in [0.2, 0.25) is 5.02 Å². The summed E-state index contributed by atoms with van der Waals surface area (Å²) in [5.41, 5.74) is 1.25. The monoisotopic (exact) mass is 219 g/mol. The minimum atomic E-state index is 0.0535. The maximum atomic E-state index is 6.27. The Balaban J connectivity index is 2.86. The molecule has 0 spiro atoms. The van der Waals surface area contributed by atoms with Crippen LogP contribution in [0.3, 0.4) is 0 Å². The van der Waals surface area contributed by atoms with E-state index in [9.17, 15) is 0 Å². The highest BCUT2D eigenvalue weighted by atomic mass is 35.5. The quantitative estimate of drug-likeness (QED) is 0.648. The van der Waals surface area contributed by atoms with Crippen LogP contribution in [0.25, 0.3) is 10.8 Å². The summed E-state index contributed by atoms with van der Waals surface area (Å²) in [6.07, 6.45) is 3.69. The van der Waals surface area contributed by atoms with E-state index in [0.717, 1.165) is 10.4 Å². The third-order valence-corrected chi connectivity index (χ3v) is 2.83. The second-order valence-corrected chi connectivity index (χ2v) is 5.18. The maximum absolute atomic E-state index is 6.27. The minimum Gasteiger partial charge on any atom is -0.264 e. The standard InChI is InChI=1S/C13H14ClN/c1-13(2,3)12-10-6-7-15-8-9(10)4-5-11(12)14/h4-8H,1-3H3. The average molecular weight is 220 g/mol. The minimum absolute atomic E-state index is 0.0535. The molecule has 0 unspecified atom stereocenters. The first-order chi connectivity index (χ1) is 7.00. The first-order valence-electron chi connectivity index (χ1n) is 5.03. The number of rotatable bonds is 0. The maximum Gasteiger partial charge on any atom is 0.0449 e. The predicted octanol–water partition coefficient (Wildman–Crippen LogP) is 4.19. The molecule has 15 heavy (non-hydrogen) atoms. The van der Waals surface area contributed by atoms with Crippen molar-refractivity contribution in [2.24, 2.45) is 0 Å². The Labute approximate surface area is 95.1 Å². The van der Waals surface area contributed by atoms with E-state index in [1.807, 2.05) is 30.6 Å².